The summed E-state index contributed by atoms with van der Waals surface area (Å²) in [6.07, 6.45) is 2.00. The lowest BCUT2D eigenvalue weighted by Crippen LogP contribution is -2.66. The predicted octanol–water partition coefficient (Wildman–Crippen LogP) is 0.577. The van der Waals surface area contributed by atoms with Gasteiger partial charge in [0, 0.05) is 13.5 Å². The van der Waals surface area contributed by atoms with Gasteiger partial charge in [-0.15, -0.1) is 0 Å². The van der Waals surface area contributed by atoms with Crippen LogP contribution in [0, 0.1) is 0 Å². The van der Waals surface area contributed by atoms with Gasteiger partial charge in [0.25, 0.3) is 0 Å². The second kappa shape index (κ2) is 4.52. The highest BCUT2D eigenvalue weighted by Crippen LogP contribution is 2.55. The molecule has 3 atom stereocenters. The topological polar surface area (TPSA) is 116 Å². The van der Waals surface area contributed by atoms with Gasteiger partial charge in [0.2, 0.25) is 11.5 Å². The molecule has 0 saturated carbocycles. The van der Waals surface area contributed by atoms with Crippen LogP contribution in [0.3, 0.4) is 0 Å². The summed E-state index contributed by atoms with van der Waals surface area (Å²) in [4.78, 5) is 11.8. The molecule has 1 saturated heterocycles. The van der Waals surface area contributed by atoms with E-state index in [1.54, 1.807) is 0 Å². The Morgan fingerprint density at radius 3 is 2.67 bits per heavy atom. The maximum atomic E-state index is 11.8. The third-order valence-electron chi connectivity index (χ3n) is 5.07. The predicted molar refractivity (Wildman–Crippen MR) is 80.7 cm³/mol. The number of ketones is 1. The Morgan fingerprint density at radius 2 is 1.96 bits per heavy atom. The summed E-state index contributed by atoms with van der Waals surface area (Å²) >= 11 is 0. The molecule has 24 heavy (non-hydrogen) atoms. The summed E-state index contributed by atoms with van der Waals surface area (Å²) in [6.45, 7) is -0.172. The van der Waals surface area contributed by atoms with Crippen LogP contribution in [0.25, 0.3) is 0 Å². The standard InChI is InChI=1S/C17H16O7/c1-23-15-16(22)6-8-4-11(19)12(20)5-9(8)17(15)3-2-10(18)13(21)14(17)24-7-16/h2-5,15,19-22H,6-7H2,1H3. The van der Waals surface area contributed by atoms with Crippen molar-refractivity contribution in [3.8, 4) is 11.5 Å². The van der Waals surface area contributed by atoms with Crippen LogP contribution >= 0.6 is 0 Å². The number of hydrogen-bond acceptors (Lipinski definition) is 7. The molecule has 126 valence electrons. The highest BCUT2D eigenvalue weighted by molar-refractivity contribution is 6.04. The number of carbonyl (C=O) groups excluding carboxylic acids is 1. The summed E-state index contributed by atoms with van der Waals surface area (Å²) in [5, 5.41) is 41.0. The number of methoxy groups -OCH3 is 1. The molecule has 0 amide bonds. The van der Waals surface area contributed by atoms with Crippen LogP contribution in [0.15, 0.2) is 35.8 Å². The van der Waals surface area contributed by atoms with Gasteiger partial charge in [-0.25, -0.2) is 0 Å². The molecule has 4 N–H and O–H groups in total. The first kappa shape index (κ1) is 15.0. The van der Waals surface area contributed by atoms with Gasteiger partial charge in [0.05, 0.1) is 0 Å². The lowest BCUT2D eigenvalue weighted by Gasteiger charge is -2.55. The van der Waals surface area contributed by atoms with Gasteiger partial charge in [0.1, 0.15) is 23.7 Å². The highest BCUT2D eigenvalue weighted by Gasteiger charge is 2.63. The maximum Gasteiger partial charge on any atom is 0.223 e. The van der Waals surface area contributed by atoms with Crippen LogP contribution in [0.5, 0.6) is 11.5 Å². The quantitative estimate of drug-likeness (QED) is 0.556. The van der Waals surface area contributed by atoms with Crippen LogP contribution in [0.1, 0.15) is 11.1 Å². The average Bonchev–Trinajstić information content (AvgIpc) is 2.53. The first-order chi connectivity index (χ1) is 11.3. The Morgan fingerprint density at radius 1 is 1.25 bits per heavy atom. The van der Waals surface area contributed by atoms with Gasteiger partial charge in [-0.05, 0) is 29.3 Å². The van der Waals surface area contributed by atoms with Crippen molar-refractivity contribution < 1.29 is 34.7 Å². The molecule has 3 unspecified atom stereocenters. The molecule has 1 spiro atoms. The van der Waals surface area contributed by atoms with Crippen molar-refractivity contribution in [1.82, 2.24) is 0 Å². The molecule has 2 aliphatic carbocycles. The Balaban J connectivity index is 2.10. The van der Waals surface area contributed by atoms with E-state index >= 15 is 0 Å². The number of phenolic OH excluding ortho intramolecular Hbond substituents is 2. The zero-order valence-corrected chi connectivity index (χ0v) is 12.8. The second-order valence-corrected chi connectivity index (χ2v) is 6.43. The lowest BCUT2D eigenvalue weighted by molar-refractivity contribution is -0.184. The van der Waals surface area contributed by atoms with Crippen LogP contribution in [-0.4, -0.2) is 51.6 Å². The number of hydrogen-bond donors (Lipinski definition) is 4. The van der Waals surface area contributed by atoms with E-state index in [4.69, 9.17) is 9.47 Å². The minimum atomic E-state index is -1.42. The fourth-order valence-corrected chi connectivity index (χ4v) is 4.14. The molecule has 7 heteroatoms. The van der Waals surface area contributed by atoms with E-state index in [9.17, 15) is 25.2 Å². The molecule has 1 aromatic rings. The molecule has 1 fully saturated rings. The first-order valence-electron chi connectivity index (χ1n) is 7.44. The van der Waals surface area contributed by atoms with Crippen molar-refractivity contribution in [3.63, 3.8) is 0 Å². The van der Waals surface area contributed by atoms with Crippen molar-refractivity contribution in [2.24, 2.45) is 0 Å². The van der Waals surface area contributed by atoms with Gasteiger partial charge in [0.15, 0.2) is 17.3 Å². The van der Waals surface area contributed by atoms with Crippen molar-refractivity contribution in [1.29, 1.82) is 0 Å². The van der Waals surface area contributed by atoms with Crippen LogP contribution in [0.4, 0.5) is 0 Å². The van der Waals surface area contributed by atoms with Crippen molar-refractivity contribution in [3.05, 3.63) is 46.9 Å². The molecular formula is C17H16O7. The fraction of sp³-hybridized carbons (Fsp3) is 0.353. The van der Waals surface area contributed by atoms with Crippen LogP contribution < -0.4 is 0 Å². The minimum Gasteiger partial charge on any atom is -0.504 e. The second-order valence-electron chi connectivity index (χ2n) is 6.43. The third-order valence-corrected chi connectivity index (χ3v) is 5.07. The molecule has 7 nitrogen and oxygen atoms in total. The zero-order valence-electron chi connectivity index (χ0n) is 12.8. The maximum absolute atomic E-state index is 11.8. The summed E-state index contributed by atoms with van der Waals surface area (Å²) in [5.74, 6) is -1.84. The SMILES string of the molecule is COC1C2(O)COC3=C(O)C(=O)C=CC31c1cc(O)c(O)cc1C2. The summed E-state index contributed by atoms with van der Waals surface area (Å²) < 4.78 is 11.1. The van der Waals surface area contributed by atoms with E-state index < -0.39 is 28.7 Å². The third kappa shape index (κ3) is 1.60. The van der Waals surface area contributed by atoms with E-state index in [-0.39, 0.29) is 30.3 Å². The van der Waals surface area contributed by atoms with Gasteiger partial charge in [-0.2, -0.15) is 0 Å². The van der Waals surface area contributed by atoms with Gasteiger partial charge < -0.3 is 29.9 Å². The smallest absolute Gasteiger partial charge is 0.223 e. The molecule has 1 aromatic carbocycles. The number of rotatable bonds is 1. The van der Waals surface area contributed by atoms with Gasteiger partial charge in [-0.3, -0.25) is 4.79 Å². The monoisotopic (exact) mass is 332 g/mol. The summed E-state index contributed by atoms with van der Waals surface area (Å²) in [6, 6.07) is 2.71. The number of aliphatic hydroxyl groups excluding tert-OH is 1. The molecule has 0 radical (unpaired) electrons. The number of aliphatic hydroxyl groups is 2. The molecular weight excluding hydrogens is 316 g/mol. The highest BCUT2D eigenvalue weighted by atomic mass is 16.5. The van der Waals surface area contributed by atoms with E-state index in [2.05, 4.69) is 0 Å². The van der Waals surface area contributed by atoms with E-state index in [0.29, 0.717) is 11.1 Å². The van der Waals surface area contributed by atoms with Crippen LogP contribution in [-0.2, 0) is 26.1 Å². The van der Waals surface area contributed by atoms with Gasteiger partial charge >= 0.3 is 0 Å². The number of allylic oxidation sites excluding steroid dienone is 1. The Kier molecular flexibility index (Phi) is 2.83. The molecule has 2 bridgehead atoms. The zero-order chi connectivity index (χ0) is 17.3. The van der Waals surface area contributed by atoms with Gasteiger partial charge in [-0.1, -0.05) is 6.08 Å². The Hall–Kier alpha value is -2.51. The number of carbonyl (C=O) groups is 1. The molecule has 0 aromatic heterocycles. The van der Waals surface area contributed by atoms with E-state index in [0.717, 1.165) is 0 Å². The fourth-order valence-electron chi connectivity index (χ4n) is 4.14. The van der Waals surface area contributed by atoms with E-state index in [1.165, 1.54) is 31.4 Å². The number of benzene rings is 1. The number of phenols is 2. The van der Waals surface area contributed by atoms with Crippen molar-refractivity contribution in [2.75, 3.05) is 13.7 Å². The normalized spacial score (nSPS) is 33.8. The van der Waals surface area contributed by atoms with Crippen molar-refractivity contribution in [2.45, 2.75) is 23.5 Å². The molecule has 4 rings (SSSR count). The average molecular weight is 332 g/mol. The Labute approximate surface area is 137 Å². The molecule has 3 aliphatic rings. The number of ether oxygens (including phenoxy) is 2. The van der Waals surface area contributed by atoms with E-state index in [1.807, 2.05) is 0 Å². The molecule has 1 heterocycles. The van der Waals surface area contributed by atoms with Crippen molar-refractivity contribution >= 4 is 5.78 Å². The first-order valence-corrected chi connectivity index (χ1v) is 7.44. The lowest BCUT2D eigenvalue weighted by atomic mass is 9.58. The molecule has 1 aliphatic heterocycles. The summed E-state index contributed by atoms with van der Waals surface area (Å²) in [7, 11) is 1.42. The minimum absolute atomic E-state index is 0.0161. The Bertz CT molecular complexity index is 824. The largest absolute Gasteiger partial charge is 0.504 e. The number of fused-ring (bicyclic) bond motifs is 2. The summed E-state index contributed by atoms with van der Waals surface area (Å²) in [5.41, 5.74) is -1.61. The van der Waals surface area contributed by atoms with Crippen LogP contribution in [0.2, 0.25) is 0 Å². The number of aromatic hydroxyl groups is 2.